The molecule has 0 saturated heterocycles. The van der Waals surface area contributed by atoms with Crippen molar-refractivity contribution in [3.63, 3.8) is 0 Å². The Kier molecular flexibility index (Phi) is 3.69. The van der Waals surface area contributed by atoms with Crippen LogP contribution in [-0.2, 0) is 0 Å². The molecule has 0 unspecified atom stereocenters. The molecule has 0 aromatic heterocycles. The van der Waals surface area contributed by atoms with Crippen LogP contribution < -0.4 is 16.6 Å². The van der Waals surface area contributed by atoms with E-state index in [2.05, 4.69) is 10.9 Å². The Bertz CT molecular complexity index is 557. The zero-order valence-corrected chi connectivity index (χ0v) is 10.2. The third-order valence-electron chi connectivity index (χ3n) is 2.35. The number of nitrogen functional groups attached to an aromatic ring is 1. The maximum absolute atomic E-state index is 11.9. The summed E-state index contributed by atoms with van der Waals surface area (Å²) in [5.41, 5.74) is 12.6. The topological polar surface area (TPSA) is 67.2 Å². The summed E-state index contributed by atoms with van der Waals surface area (Å²) < 4.78 is 0. The van der Waals surface area contributed by atoms with Gasteiger partial charge in [0.25, 0.3) is 5.91 Å². The highest BCUT2D eigenvalue weighted by Crippen LogP contribution is 2.17. The van der Waals surface area contributed by atoms with E-state index in [9.17, 15) is 4.79 Å². The van der Waals surface area contributed by atoms with Crippen LogP contribution in [-0.4, -0.2) is 5.91 Å². The minimum atomic E-state index is -0.334. The summed E-state index contributed by atoms with van der Waals surface area (Å²) >= 11 is 5.82. The van der Waals surface area contributed by atoms with Crippen LogP contribution in [0.2, 0.25) is 5.02 Å². The van der Waals surface area contributed by atoms with Gasteiger partial charge in [0.1, 0.15) is 0 Å². The fraction of sp³-hybridized carbons (Fsp3) is 0. The van der Waals surface area contributed by atoms with Gasteiger partial charge in [-0.15, -0.1) is 0 Å². The summed E-state index contributed by atoms with van der Waals surface area (Å²) in [4.78, 5) is 11.9. The summed E-state index contributed by atoms with van der Waals surface area (Å²) in [7, 11) is 0. The van der Waals surface area contributed by atoms with Gasteiger partial charge in [0, 0.05) is 10.7 Å². The maximum atomic E-state index is 11.9. The Morgan fingerprint density at radius 1 is 1.11 bits per heavy atom. The molecule has 92 valence electrons. The van der Waals surface area contributed by atoms with Crippen molar-refractivity contribution in [3.05, 3.63) is 59.1 Å². The van der Waals surface area contributed by atoms with Gasteiger partial charge >= 0.3 is 0 Å². The van der Waals surface area contributed by atoms with E-state index in [-0.39, 0.29) is 5.91 Å². The second-order valence-electron chi connectivity index (χ2n) is 3.68. The minimum Gasteiger partial charge on any atom is -0.398 e. The highest BCUT2D eigenvalue weighted by Gasteiger charge is 2.09. The van der Waals surface area contributed by atoms with Gasteiger partial charge in [-0.2, -0.15) is 0 Å². The van der Waals surface area contributed by atoms with E-state index in [1.165, 1.54) is 6.07 Å². The van der Waals surface area contributed by atoms with E-state index in [1.54, 1.807) is 12.1 Å². The van der Waals surface area contributed by atoms with E-state index in [1.807, 2.05) is 30.3 Å². The first-order valence-electron chi connectivity index (χ1n) is 5.33. The Morgan fingerprint density at radius 3 is 2.56 bits per heavy atom. The number of para-hydroxylation sites is 1. The molecule has 5 heteroatoms. The van der Waals surface area contributed by atoms with Crippen LogP contribution in [0.25, 0.3) is 0 Å². The SMILES string of the molecule is Nc1ccc(Cl)cc1C(=O)NNc1ccccc1. The second kappa shape index (κ2) is 5.42. The van der Waals surface area contributed by atoms with Crippen LogP contribution in [0, 0.1) is 0 Å². The maximum Gasteiger partial charge on any atom is 0.271 e. The van der Waals surface area contributed by atoms with Crippen LogP contribution in [0.3, 0.4) is 0 Å². The number of nitrogens with one attached hydrogen (secondary N) is 2. The molecule has 4 nitrogen and oxygen atoms in total. The fourth-order valence-electron chi connectivity index (χ4n) is 1.44. The van der Waals surface area contributed by atoms with Crippen molar-refractivity contribution in [1.82, 2.24) is 5.43 Å². The summed E-state index contributed by atoms with van der Waals surface area (Å²) in [6.45, 7) is 0. The Balaban J connectivity index is 2.06. The molecule has 0 aliphatic carbocycles. The first-order valence-corrected chi connectivity index (χ1v) is 5.71. The van der Waals surface area contributed by atoms with Crippen molar-refractivity contribution >= 4 is 28.9 Å². The van der Waals surface area contributed by atoms with Crippen molar-refractivity contribution in [1.29, 1.82) is 0 Å². The predicted molar refractivity (Wildman–Crippen MR) is 73.4 cm³/mol. The molecule has 2 aromatic rings. The zero-order chi connectivity index (χ0) is 13.0. The van der Waals surface area contributed by atoms with Gasteiger partial charge in [-0.1, -0.05) is 29.8 Å². The standard InChI is InChI=1S/C13H12ClN3O/c14-9-6-7-12(15)11(8-9)13(18)17-16-10-4-2-1-3-5-10/h1-8,16H,15H2,(H,17,18). The number of rotatable bonds is 3. The van der Waals surface area contributed by atoms with Gasteiger partial charge in [-0.3, -0.25) is 15.6 Å². The summed E-state index contributed by atoms with van der Waals surface area (Å²) in [5.74, 6) is -0.334. The molecule has 0 saturated carbocycles. The normalized spacial score (nSPS) is 9.83. The number of benzene rings is 2. The fourth-order valence-corrected chi connectivity index (χ4v) is 1.62. The molecule has 0 atom stereocenters. The van der Waals surface area contributed by atoms with Crippen LogP contribution >= 0.6 is 11.6 Å². The summed E-state index contributed by atoms with van der Waals surface area (Å²) in [5, 5.41) is 0.467. The van der Waals surface area contributed by atoms with Gasteiger partial charge in [-0.25, -0.2) is 0 Å². The number of hydrazine groups is 1. The number of nitrogens with two attached hydrogens (primary N) is 1. The van der Waals surface area contributed by atoms with E-state index in [0.717, 1.165) is 5.69 Å². The predicted octanol–water partition coefficient (Wildman–Crippen LogP) is 2.68. The Labute approximate surface area is 110 Å². The average Bonchev–Trinajstić information content (AvgIpc) is 2.40. The lowest BCUT2D eigenvalue weighted by atomic mass is 10.2. The molecule has 0 fully saturated rings. The quantitative estimate of drug-likeness (QED) is 0.588. The molecular weight excluding hydrogens is 250 g/mol. The highest BCUT2D eigenvalue weighted by atomic mass is 35.5. The van der Waals surface area contributed by atoms with Crippen LogP contribution in [0.5, 0.6) is 0 Å². The molecular formula is C13H12ClN3O. The van der Waals surface area contributed by atoms with Crippen molar-refractivity contribution in [2.45, 2.75) is 0 Å². The minimum absolute atomic E-state index is 0.334. The van der Waals surface area contributed by atoms with Crippen LogP contribution in [0.1, 0.15) is 10.4 Å². The third-order valence-corrected chi connectivity index (χ3v) is 2.59. The summed E-state index contributed by atoms with van der Waals surface area (Å²) in [6, 6.07) is 14.0. The number of carbonyl (C=O) groups excluding carboxylic acids is 1. The number of halogens is 1. The van der Waals surface area contributed by atoms with Crippen LogP contribution in [0.15, 0.2) is 48.5 Å². The van der Waals surface area contributed by atoms with Crippen molar-refractivity contribution in [2.75, 3.05) is 11.2 Å². The molecule has 4 N–H and O–H groups in total. The number of amides is 1. The molecule has 0 spiro atoms. The highest BCUT2D eigenvalue weighted by molar-refractivity contribution is 6.31. The molecule has 0 bridgehead atoms. The molecule has 1 amide bonds. The van der Waals surface area contributed by atoms with E-state index >= 15 is 0 Å². The lowest BCUT2D eigenvalue weighted by Crippen LogP contribution is -2.29. The Morgan fingerprint density at radius 2 is 1.83 bits per heavy atom. The van der Waals surface area contributed by atoms with Crippen molar-refractivity contribution in [3.8, 4) is 0 Å². The third kappa shape index (κ3) is 2.93. The zero-order valence-electron chi connectivity index (χ0n) is 9.48. The largest absolute Gasteiger partial charge is 0.398 e. The van der Waals surface area contributed by atoms with E-state index in [0.29, 0.717) is 16.3 Å². The number of hydrogen-bond donors (Lipinski definition) is 3. The number of carbonyl (C=O) groups is 1. The molecule has 0 aliphatic heterocycles. The van der Waals surface area contributed by atoms with Gasteiger partial charge < -0.3 is 5.73 Å². The second-order valence-corrected chi connectivity index (χ2v) is 4.11. The molecule has 0 heterocycles. The van der Waals surface area contributed by atoms with E-state index < -0.39 is 0 Å². The summed E-state index contributed by atoms with van der Waals surface area (Å²) in [6.07, 6.45) is 0. The lowest BCUT2D eigenvalue weighted by Gasteiger charge is -2.10. The van der Waals surface area contributed by atoms with Gasteiger partial charge in [0.05, 0.1) is 11.3 Å². The molecule has 2 aromatic carbocycles. The van der Waals surface area contributed by atoms with Gasteiger partial charge in [0.15, 0.2) is 0 Å². The monoisotopic (exact) mass is 261 g/mol. The molecule has 18 heavy (non-hydrogen) atoms. The first-order chi connectivity index (χ1) is 8.66. The Hall–Kier alpha value is -2.20. The van der Waals surface area contributed by atoms with Gasteiger partial charge in [0.2, 0.25) is 0 Å². The first kappa shape index (κ1) is 12.3. The van der Waals surface area contributed by atoms with Crippen molar-refractivity contribution in [2.24, 2.45) is 0 Å². The van der Waals surface area contributed by atoms with Gasteiger partial charge in [-0.05, 0) is 30.3 Å². The van der Waals surface area contributed by atoms with E-state index in [4.69, 9.17) is 17.3 Å². The van der Waals surface area contributed by atoms with Crippen molar-refractivity contribution < 1.29 is 4.79 Å². The molecule has 0 radical (unpaired) electrons. The number of hydrogen-bond acceptors (Lipinski definition) is 3. The smallest absolute Gasteiger partial charge is 0.271 e. The molecule has 2 rings (SSSR count). The number of anilines is 2. The average molecular weight is 262 g/mol. The molecule has 0 aliphatic rings. The van der Waals surface area contributed by atoms with Crippen LogP contribution in [0.4, 0.5) is 11.4 Å². The lowest BCUT2D eigenvalue weighted by molar-refractivity contribution is 0.0963.